The van der Waals surface area contributed by atoms with Crippen molar-refractivity contribution in [3.8, 4) is 5.75 Å². The summed E-state index contributed by atoms with van der Waals surface area (Å²) < 4.78 is 5.61. The third-order valence-corrected chi connectivity index (χ3v) is 4.15. The number of hydrogen-bond acceptors (Lipinski definition) is 4. The minimum absolute atomic E-state index is 0.338. The fourth-order valence-corrected chi connectivity index (χ4v) is 3.21. The first-order chi connectivity index (χ1) is 9.27. The zero-order valence-electron chi connectivity index (χ0n) is 10.8. The van der Waals surface area contributed by atoms with Gasteiger partial charge in [-0.1, -0.05) is 18.2 Å². The van der Waals surface area contributed by atoms with E-state index in [4.69, 9.17) is 9.84 Å². The predicted octanol–water partition coefficient (Wildman–Crippen LogP) is 1.96. The number of ether oxygens (including phenoxy) is 1. The van der Waals surface area contributed by atoms with Gasteiger partial charge in [-0.3, -0.25) is 9.69 Å². The average Bonchev–Trinajstić information content (AvgIpc) is 2.45. The minimum atomic E-state index is -0.712. The number of rotatable bonds is 6. The van der Waals surface area contributed by atoms with E-state index in [0.29, 0.717) is 12.4 Å². The van der Waals surface area contributed by atoms with E-state index in [1.165, 1.54) is 0 Å². The van der Waals surface area contributed by atoms with Crippen LogP contribution in [-0.2, 0) is 4.79 Å². The lowest BCUT2D eigenvalue weighted by Gasteiger charge is -2.32. The van der Waals surface area contributed by atoms with Gasteiger partial charge in [0.05, 0.1) is 6.61 Å². The van der Waals surface area contributed by atoms with Crippen molar-refractivity contribution in [3.05, 3.63) is 30.3 Å². The van der Waals surface area contributed by atoms with Gasteiger partial charge in [0.15, 0.2) is 0 Å². The second kappa shape index (κ2) is 7.40. The van der Waals surface area contributed by atoms with Crippen molar-refractivity contribution in [2.75, 3.05) is 31.2 Å². The maximum absolute atomic E-state index is 11.1. The van der Waals surface area contributed by atoms with Crippen molar-refractivity contribution in [1.82, 2.24) is 4.90 Å². The molecule has 104 valence electrons. The summed E-state index contributed by atoms with van der Waals surface area (Å²) in [7, 11) is 0. The van der Waals surface area contributed by atoms with Crippen molar-refractivity contribution in [2.45, 2.75) is 12.5 Å². The molecule has 1 fully saturated rings. The summed E-state index contributed by atoms with van der Waals surface area (Å²) in [4.78, 5) is 13.2. The van der Waals surface area contributed by atoms with Crippen molar-refractivity contribution >= 4 is 17.7 Å². The summed E-state index contributed by atoms with van der Waals surface area (Å²) >= 11 is 1.72. The van der Waals surface area contributed by atoms with Crippen LogP contribution in [0.15, 0.2) is 30.3 Å². The number of nitrogens with zero attached hydrogens (tertiary/aromatic N) is 1. The molecule has 1 aromatic rings. The maximum atomic E-state index is 11.1. The highest BCUT2D eigenvalue weighted by atomic mass is 32.2. The van der Waals surface area contributed by atoms with Gasteiger partial charge in [0.1, 0.15) is 11.8 Å². The monoisotopic (exact) mass is 281 g/mol. The molecule has 1 aliphatic heterocycles. The Labute approximate surface area is 117 Å². The van der Waals surface area contributed by atoms with Gasteiger partial charge in [0, 0.05) is 24.6 Å². The van der Waals surface area contributed by atoms with Crippen LogP contribution in [0.3, 0.4) is 0 Å². The summed E-state index contributed by atoms with van der Waals surface area (Å²) in [6.07, 6.45) is 0.851. The molecule has 1 saturated heterocycles. The topological polar surface area (TPSA) is 49.8 Å². The first-order valence-electron chi connectivity index (χ1n) is 6.50. The lowest BCUT2D eigenvalue weighted by Crippen LogP contribution is -2.47. The van der Waals surface area contributed by atoms with Gasteiger partial charge in [-0.25, -0.2) is 0 Å². The highest BCUT2D eigenvalue weighted by molar-refractivity contribution is 7.99. The molecule has 2 rings (SSSR count). The van der Waals surface area contributed by atoms with Crippen LogP contribution >= 0.6 is 11.8 Å². The quantitative estimate of drug-likeness (QED) is 0.808. The molecule has 5 heteroatoms. The van der Waals surface area contributed by atoms with Crippen LogP contribution in [-0.4, -0.2) is 53.2 Å². The summed E-state index contributed by atoms with van der Waals surface area (Å²) in [5, 5.41) is 9.16. The molecule has 1 unspecified atom stereocenters. The molecule has 0 radical (unpaired) electrons. The normalized spacial score (nSPS) is 20.1. The van der Waals surface area contributed by atoms with Gasteiger partial charge < -0.3 is 9.84 Å². The minimum Gasteiger partial charge on any atom is -0.494 e. The van der Waals surface area contributed by atoms with E-state index in [2.05, 4.69) is 0 Å². The molecule has 4 nitrogen and oxygen atoms in total. The third kappa shape index (κ3) is 4.44. The van der Waals surface area contributed by atoms with E-state index in [1.807, 2.05) is 35.2 Å². The molecular weight excluding hydrogens is 262 g/mol. The van der Waals surface area contributed by atoms with E-state index in [-0.39, 0.29) is 6.04 Å². The summed E-state index contributed by atoms with van der Waals surface area (Å²) in [6, 6.07) is 9.36. The van der Waals surface area contributed by atoms with E-state index in [1.54, 1.807) is 11.8 Å². The Balaban J connectivity index is 1.71. The zero-order valence-corrected chi connectivity index (χ0v) is 11.6. The standard InChI is InChI=1S/C14H19NO3S/c16-14(17)13-11-19-10-8-15(13)7-4-9-18-12-5-2-1-3-6-12/h1-3,5-6,13H,4,7-11H2,(H,16,17). The Kier molecular flexibility index (Phi) is 5.54. The SMILES string of the molecule is O=C(O)C1CSCCN1CCCOc1ccccc1. The van der Waals surface area contributed by atoms with Crippen molar-refractivity contribution in [2.24, 2.45) is 0 Å². The van der Waals surface area contributed by atoms with Crippen molar-refractivity contribution in [1.29, 1.82) is 0 Å². The van der Waals surface area contributed by atoms with Gasteiger partial charge in [0.25, 0.3) is 0 Å². The van der Waals surface area contributed by atoms with Crippen LogP contribution in [0, 0.1) is 0 Å². The highest BCUT2D eigenvalue weighted by Crippen LogP contribution is 2.17. The molecule has 1 aromatic carbocycles. The summed E-state index contributed by atoms with van der Waals surface area (Å²) in [5.74, 6) is 1.86. The zero-order chi connectivity index (χ0) is 13.5. The van der Waals surface area contributed by atoms with E-state index in [0.717, 1.165) is 31.0 Å². The lowest BCUT2D eigenvalue weighted by atomic mass is 10.2. The van der Waals surface area contributed by atoms with Crippen molar-refractivity contribution < 1.29 is 14.6 Å². The number of aliphatic carboxylic acids is 1. The number of para-hydroxylation sites is 1. The van der Waals surface area contributed by atoms with Gasteiger partial charge in [-0.15, -0.1) is 0 Å². The molecule has 1 aliphatic rings. The fourth-order valence-electron chi connectivity index (χ4n) is 2.11. The number of benzene rings is 1. The van der Waals surface area contributed by atoms with E-state index >= 15 is 0 Å². The van der Waals surface area contributed by atoms with Crippen LogP contribution in [0.2, 0.25) is 0 Å². The molecular formula is C14H19NO3S. The smallest absolute Gasteiger partial charge is 0.321 e. The highest BCUT2D eigenvalue weighted by Gasteiger charge is 2.28. The Morgan fingerprint density at radius 1 is 1.42 bits per heavy atom. The Morgan fingerprint density at radius 2 is 2.21 bits per heavy atom. The van der Waals surface area contributed by atoms with Crippen LogP contribution in [0.5, 0.6) is 5.75 Å². The van der Waals surface area contributed by atoms with E-state index in [9.17, 15) is 4.79 Å². The number of carbonyl (C=O) groups is 1. The first-order valence-corrected chi connectivity index (χ1v) is 7.65. The second-order valence-electron chi connectivity index (χ2n) is 4.48. The van der Waals surface area contributed by atoms with Crippen LogP contribution < -0.4 is 4.74 Å². The maximum Gasteiger partial charge on any atom is 0.321 e. The second-order valence-corrected chi connectivity index (χ2v) is 5.63. The molecule has 0 saturated carbocycles. The Morgan fingerprint density at radius 3 is 2.95 bits per heavy atom. The molecule has 1 heterocycles. The fraction of sp³-hybridized carbons (Fsp3) is 0.500. The summed E-state index contributed by atoms with van der Waals surface area (Å²) in [6.45, 7) is 2.26. The van der Waals surface area contributed by atoms with Crippen molar-refractivity contribution in [3.63, 3.8) is 0 Å². The molecule has 0 amide bonds. The molecule has 0 aromatic heterocycles. The number of thioether (sulfide) groups is 1. The molecule has 0 spiro atoms. The van der Waals surface area contributed by atoms with Crippen LogP contribution in [0.1, 0.15) is 6.42 Å². The Hall–Kier alpha value is -1.20. The summed E-state index contributed by atoms with van der Waals surface area (Å²) in [5.41, 5.74) is 0. The number of hydrogen-bond donors (Lipinski definition) is 1. The van der Waals surface area contributed by atoms with Crippen LogP contribution in [0.4, 0.5) is 0 Å². The third-order valence-electron chi connectivity index (χ3n) is 3.13. The first kappa shape index (κ1) is 14.2. The molecule has 1 atom stereocenters. The van der Waals surface area contributed by atoms with Gasteiger partial charge >= 0.3 is 5.97 Å². The number of carboxylic acids is 1. The molecule has 0 aliphatic carbocycles. The Bertz CT molecular complexity index is 399. The number of carboxylic acid groups (broad SMARTS) is 1. The predicted molar refractivity (Wildman–Crippen MR) is 76.9 cm³/mol. The largest absolute Gasteiger partial charge is 0.494 e. The van der Waals surface area contributed by atoms with Gasteiger partial charge in [-0.05, 0) is 18.6 Å². The molecule has 1 N–H and O–H groups in total. The van der Waals surface area contributed by atoms with Gasteiger partial charge in [0.2, 0.25) is 0 Å². The molecule has 0 bridgehead atoms. The van der Waals surface area contributed by atoms with Gasteiger partial charge in [-0.2, -0.15) is 11.8 Å². The van der Waals surface area contributed by atoms with Crippen LogP contribution in [0.25, 0.3) is 0 Å². The van der Waals surface area contributed by atoms with E-state index < -0.39 is 5.97 Å². The average molecular weight is 281 g/mol. The molecule has 19 heavy (non-hydrogen) atoms. The lowest BCUT2D eigenvalue weighted by molar-refractivity contribution is -0.142.